The fraction of sp³-hybridized carbons (Fsp3) is 0.609. The first-order chi connectivity index (χ1) is 15.7. The third kappa shape index (κ3) is 7.48. The van der Waals surface area contributed by atoms with Crippen molar-refractivity contribution in [2.45, 2.75) is 45.2 Å². The number of hydrogen-bond donors (Lipinski definition) is 3. The molecule has 10 heteroatoms. The van der Waals surface area contributed by atoms with Gasteiger partial charge in [0.2, 0.25) is 5.91 Å². The Morgan fingerprint density at radius 1 is 1.18 bits per heavy atom. The molecule has 184 valence electrons. The van der Waals surface area contributed by atoms with Gasteiger partial charge in [-0.25, -0.2) is 9.78 Å². The van der Waals surface area contributed by atoms with Gasteiger partial charge in [-0.15, -0.1) is 23.2 Å². The van der Waals surface area contributed by atoms with E-state index in [-0.39, 0.29) is 11.8 Å². The van der Waals surface area contributed by atoms with E-state index in [0.717, 1.165) is 22.5 Å². The number of amides is 1. The highest BCUT2D eigenvalue weighted by atomic mass is 35.5. The number of carbonyl (C=O) groups excluding carboxylic acids is 1. The largest absolute Gasteiger partial charge is 0.480 e. The molecular formula is C23H35Cl2N5O3. The Bertz CT molecular complexity index is 928. The van der Waals surface area contributed by atoms with Gasteiger partial charge in [-0.05, 0) is 44.0 Å². The molecule has 1 aromatic carbocycles. The first-order valence-corrected chi connectivity index (χ1v) is 12.3. The zero-order valence-corrected chi connectivity index (χ0v) is 21.3. The summed E-state index contributed by atoms with van der Waals surface area (Å²) in [5.74, 6) is 0.702. The average molecular weight is 500 g/mol. The highest BCUT2D eigenvalue weighted by molar-refractivity contribution is 6.18. The molecule has 0 fully saturated rings. The van der Waals surface area contributed by atoms with Gasteiger partial charge in [-0.2, -0.15) is 0 Å². The average Bonchev–Trinajstić information content (AvgIpc) is 3.08. The van der Waals surface area contributed by atoms with Crippen molar-refractivity contribution in [3.05, 3.63) is 24.0 Å². The molecule has 1 aromatic heterocycles. The van der Waals surface area contributed by atoms with Crippen molar-refractivity contribution in [3.8, 4) is 0 Å². The summed E-state index contributed by atoms with van der Waals surface area (Å²) in [5, 5.41) is 15.1. The zero-order valence-electron chi connectivity index (χ0n) is 19.8. The third-order valence-corrected chi connectivity index (χ3v) is 6.01. The Morgan fingerprint density at radius 3 is 2.39 bits per heavy atom. The van der Waals surface area contributed by atoms with Crippen molar-refractivity contribution in [2.75, 3.05) is 36.8 Å². The van der Waals surface area contributed by atoms with Crippen LogP contribution >= 0.6 is 23.2 Å². The summed E-state index contributed by atoms with van der Waals surface area (Å²) in [6, 6.07) is 4.69. The molecule has 0 aliphatic carbocycles. The van der Waals surface area contributed by atoms with Crippen molar-refractivity contribution in [3.63, 3.8) is 0 Å². The topological polar surface area (TPSA) is 99.5 Å². The molecule has 3 N–H and O–H groups in total. The predicted octanol–water partition coefficient (Wildman–Crippen LogP) is 2.99. The molecule has 0 aliphatic heterocycles. The fourth-order valence-corrected chi connectivity index (χ4v) is 4.29. The summed E-state index contributed by atoms with van der Waals surface area (Å²) < 4.78 is 2.02. The maximum atomic E-state index is 12.7. The van der Waals surface area contributed by atoms with Crippen molar-refractivity contribution >= 4 is 51.8 Å². The molecule has 2 aromatic rings. The van der Waals surface area contributed by atoms with Crippen LogP contribution in [-0.2, 0) is 23.1 Å². The number of benzene rings is 1. The summed E-state index contributed by atoms with van der Waals surface area (Å²) in [4.78, 5) is 31.1. The number of nitrogens with one attached hydrogen (secondary N) is 2. The molecule has 1 heterocycles. The van der Waals surface area contributed by atoms with E-state index in [4.69, 9.17) is 28.2 Å². The monoisotopic (exact) mass is 499 g/mol. The maximum Gasteiger partial charge on any atom is 0.326 e. The number of hydrogen-bond acceptors (Lipinski definition) is 5. The molecular weight excluding hydrogens is 465 g/mol. The Labute approximate surface area is 205 Å². The molecule has 8 nitrogen and oxygen atoms in total. The van der Waals surface area contributed by atoms with Crippen LogP contribution in [0.15, 0.2) is 18.2 Å². The van der Waals surface area contributed by atoms with Crippen LogP contribution in [-0.4, -0.2) is 70.5 Å². The maximum absolute atomic E-state index is 12.7. The van der Waals surface area contributed by atoms with E-state index in [1.54, 1.807) is 7.05 Å². The van der Waals surface area contributed by atoms with Gasteiger partial charge in [-0.1, -0.05) is 13.8 Å². The lowest BCUT2D eigenvalue weighted by molar-refractivity contribution is -0.142. The van der Waals surface area contributed by atoms with Crippen LogP contribution in [0.25, 0.3) is 11.0 Å². The van der Waals surface area contributed by atoms with Crippen molar-refractivity contribution in [1.29, 1.82) is 0 Å². The number of aromatic nitrogens is 2. The zero-order chi connectivity index (χ0) is 24.5. The summed E-state index contributed by atoms with van der Waals surface area (Å²) in [5.41, 5.74) is 2.89. The number of halogens is 2. The molecule has 0 aliphatic rings. The quantitative estimate of drug-likeness (QED) is 0.345. The van der Waals surface area contributed by atoms with Crippen LogP contribution in [0.3, 0.4) is 0 Å². The van der Waals surface area contributed by atoms with Gasteiger partial charge in [-0.3, -0.25) is 4.79 Å². The summed E-state index contributed by atoms with van der Waals surface area (Å²) in [6.45, 7) is 5.26. The smallest absolute Gasteiger partial charge is 0.326 e. The van der Waals surface area contributed by atoms with Crippen LogP contribution in [0.2, 0.25) is 0 Å². The number of imidazole rings is 1. The van der Waals surface area contributed by atoms with E-state index in [1.807, 2.05) is 43.7 Å². The number of aryl methyl sites for hydroxylation is 2. The van der Waals surface area contributed by atoms with Crippen LogP contribution in [0.5, 0.6) is 0 Å². The van der Waals surface area contributed by atoms with Crippen molar-refractivity contribution < 1.29 is 14.7 Å². The Kier molecular flexibility index (Phi) is 10.7. The van der Waals surface area contributed by atoms with Gasteiger partial charge in [0.05, 0.1) is 17.1 Å². The molecule has 0 bridgehead atoms. The van der Waals surface area contributed by atoms with Gasteiger partial charge in [0, 0.05) is 44.0 Å². The number of nitrogens with zero attached hydrogens (tertiary/aromatic N) is 3. The summed E-state index contributed by atoms with van der Waals surface area (Å²) >= 11 is 11.9. The van der Waals surface area contributed by atoms with E-state index in [2.05, 4.69) is 15.5 Å². The number of aliphatic carboxylic acids is 1. The molecule has 0 unspecified atom stereocenters. The molecule has 1 amide bonds. The Balaban J connectivity index is 2.12. The minimum atomic E-state index is -1.02. The normalized spacial score (nSPS) is 13.3. The Morgan fingerprint density at radius 2 is 1.85 bits per heavy atom. The van der Waals surface area contributed by atoms with Crippen LogP contribution < -0.4 is 15.5 Å². The number of anilines is 1. The van der Waals surface area contributed by atoms with E-state index in [9.17, 15) is 14.7 Å². The van der Waals surface area contributed by atoms with Gasteiger partial charge in [0.1, 0.15) is 11.9 Å². The standard InChI is InChI=1S/C23H35Cl2N5O3/c1-15(2)13-19(23(32)33)28-22(31)17(26-3)6-8-21-27-18-14-16(5-7-20(18)29(21)4)30(11-9-24)12-10-25/h5,7,14-15,17,19,26H,6,8-13H2,1-4H3,(H,28,31)(H,32,33)/t17-,19-/m0/s1. The molecule has 0 saturated carbocycles. The number of carbonyl (C=O) groups is 2. The molecule has 0 radical (unpaired) electrons. The van der Waals surface area contributed by atoms with E-state index < -0.39 is 18.1 Å². The van der Waals surface area contributed by atoms with Gasteiger partial charge in [0.25, 0.3) is 0 Å². The SMILES string of the molecule is CN[C@@H](CCc1nc2cc(N(CCCl)CCCl)ccc2n1C)C(=O)N[C@@H](CC(C)C)C(=O)O. The van der Waals surface area contributed by atoms with Crippen molar-refractivity contribution in [2.24, 2.45) is 13.0 Å². The second-order valence-corrected chi connectivity index (χ2v) is 9.29. The highest BCUT2D eigenvalue weighted by Crippen LogP contribution is 2.23. The van der Waals surface area contributed by atoms with E-state index in [1.165, 1.54) is 0 Å². The van der Waals surface area contributed by atoms with Gasteiger partial charge in [0.15, 0.2) is 0 Å². The van der Waals surface area contributed by atoms with Crippen LogP contribution in [0, 0.1) is 5.92 Å². The minimum Gasteiger partial charge on any atom is -0.480 e. The molecule has 2 atom stereocenters. The summed E-state index contributed by atoms with van der Waals surface area (Å²) in [7, 11) is 3.66. The minimum absolute atomic E-state index is 0.161. The Hall–Kier alpha value is -2.03. The fourth-order valence-electron chi connectivity index (χ4n) is 3.88. The van der Waals surface area contributed by atoms with E-state index in [0.29, 0.717) is 44.1 Å². The molecule has 33 heavy (non-hydrogen) atoms. The van der Waals surface area contributed by atoms with Crippen molar-refractivity contribution in [1.82, 2.24) is 20.2 Å². The molecule has 0 saturated heterocycles. The lowest BCUT2D eigenvalue weighted by atomic mass is 10.0. The number of alkyl halides is 2. The first kappa shape index (κ1) is 27.2. The molecule has 2 rings (SSSR count). The second-order valence-electron chi connectivity index (χ2n) is 8.53. The third-order valence-electron chi connectivity index (χ3n) is 5.67. The number of likely N-dealkylation sites (N-methyl/N-ethyl adjacent to an activating group) is 1. The number of carboxylic acids is 1. The molecule has 0 spiro atoms. The lowest BCUT2D eigenvalue weighted by Crippen LogP contribution is -2.50. The highest BCUT2D eigenvalue weighted by Gasteiger charge is 2.25. The first-order valence-electron chi connectivity index (χ1n) is 11.2. The van der Waals surface area contributed by atoms with E-state index >= 15 is 0 Å². The number of fused-ring (bicyclic) bond motifs is 1. The number of carboxylic acid groups (broad SMARTS) is 1. The second kappa shape index (κ2) is 13.0. The van der Waals surface area contributed by atoms with Gasteiger partial charge >= 0.3 is 5.97 Å². The van der Waals surface area contributed by atoms with Gasteiger partial charge < -0.3 is 25.2 Å². The number of rotatable bonds is 14. The predicted molar refractivity (Wildman–Crippen MR) is 135 cm³/mol. The van der Waals surface area contributed by atoms with Crippen LogP contribution in [0.1, 0.15) is 32.5 Å². The lowest BCUT2D eigenvalue weighted by Gasteiger charge is -2.22. The summed E-state index contributed by atoms with van der Waals surface area (Å²) in [6.07, 6.45) is 1.44. The van der Waals surface area contributed by atoms with Crippen LogP contribution in [0.4, 0.5) is 5.69 Å².